The van der Waals surface area contributed by atoms with Gasteiger partial charge >= 0.3 is 5.97 Å². The van der Waals surface area contributed by atoms with Gasteiger partial charge in [-0.2, -0.15) is 0 Å². The number of methoxy groups -OCH3 is 1. The lowest BCUT2D eigenvalue weighted by Crippen LogP contribution is -2.39. The Bertz CT molecular complexity index is 463. The summed E-state index contributed by atoms with van der Waals surface area (Å²) < 4.78 is 16.2. The first-order valence-electron chi connectivity index (χ1n) is 7.42. The summed E-state index contributed by atoms with van der Waals surface area (Å²) in [7, 11) is 1.44. The molecule has 0 aliphatic carbocycles. The number of para-hydroxylation sites is 2. The average molecular weight is 293 g/mol. The Morgan fingerprint density at radius 2 is 2.00 bits per heavy atom. The van der Waals surface area contributed by atoms with Crippen molar-refractivity contribution in [3.8, 4) is 11.5 Å². The van der Waals surface area contributed by atoms with Crippen molar-refractivity contribution in [2.45, 2.75) is 25.8 Å². The van der Waals surface area contributed by atoms with Crippen molar-refractivity contribution in [2.24, 2.45) is 0 Å². The Morgan fingerprint density at radius 1 is 1.29 bits per heavy atom. The van der Waals surface area contributed by atoms with Crippen LogP contribution in [0.25, 0.3) is 0 Å². The van der Waals surface area contributed by atoms with Crippen LogP contribution in [0.15, 0.2) is 24.3 Å². The van der Waals surface area contributed by atoms with E-state index in [0.29, 0.717) is 19.8 Å². The van der Waals surface area contributed by atoms with Crippen LogP contribution in [-0.2, 0) is 9.53 Å². The number of rotatable bonds is 7. The molecular weight excluding hydrogens is 270 g/mol. The van der Waals surface area contributed by atoms with Crippen LogP contribution in [0.3, 0.4) is 0 Å². The summed E-state index contributed by atoms with van der Waals surface area (Å²) in [6.07, 6.45) is 1.89. The van der Waals surface area contributed by atoms with E-state index in [2.05, 4.69) is 4.90 Å². The van der Waals surface area contributed by atoms with Crippen molar-refractivity contribution in [2.75, 3.05) is 33.4 Å². The minimum atomic E-state index is -0.151. The smallest absolute Gasteiger partial charge is 0.323 e. The standard InChI is InChI=1S/C16H23NO4/c1-3-20-14-8-4-5-9-15(14)21-12-11-17-10-6-7-13(17)16(18)19-2/h4-5,8-9,13H,3,6-7,10-12H2,1-2H3. The van der Waals surface area contributed by atoms with Crippen molar-refractivity contribution in [1.82, 2.24) is 4.90 Å². The molecule has 1 atom stereocenters. The quantitative estimate of drug-likeness (QED) is 0.721. The monoisotopic (exact) mass is 293 g/mol. The van der Waals surface area contributed by atoms with Gasteiger partial charge in [-0.3, -0.25) is 9.69 Å². The van der Waals surface area contributed by atoms with E-state index < -0.39 is 0 Å². The van der Waals surface area contributed by atoms with Crippen LogP contribution in [0, 0.1) is 0 Å². The molecule has 5 heteroatoms. The van der Waals surface area contributed by atoms with E-state index in [9.17, 15) is 4.79 Å². The van der Waals surface area contributed by atoms with Crippen molar-refractivity contribution >= 4 is 5.97 Å². The summed E-state index contributed by atoms with van der Waals surface area (Å²) in [5.41, 5.74) is 0. The molecule has 0 saturated carbocycles. The fourth-order valence-corrected chi connectivity index (χ4v) is 2.61. The maximum Gasteiger partial charge on any atom is 0.323 e. The summed E-state index contributed by atoms with van der Waals surface area (Å²) in [5.74, 6) is 1.35. The molecule has 21 heavy (non-hydrogen) atoms. The van der Waals surface area contributed by atoms with Crippen molar-refractivity contribution in [1.29, 1.82) is 0 Å². The summed E-state index contributed by atoms with van der Waals surface area (Å²) in [6.45, 7) is 4.70. The molecule has 1 saturated heterocycles. The fourth-order valence-electron chi connectivity index (χ4n) is 2.61. The Balaban J connectivity index is 1.85. The van der Waals surface area contributed by atoms with Gasteiger partial charge in [-0.05, 0) is 38.4 Å². The number of esters is 1. The predicted molar refractivity (Wildman–Crippen MR) is 79.7 cm³/mol. The summed E-state index contributed by atoms with van der Waals surface area (Å²) >= 11 is 0. The van der Waals surface area contributed by atoms with Crippen molar-refractivity contribution < 1.29 is 19.0 Å². The highest BCUT2D eigenvalue weighted by Crippen LogP contribution is 2.26. The van der Waals surface area contributed by atoms with Gasteiger partial charge in [0.05, 0.1) is 13.7 Å². The third-order valence-electron chi connectivity index (χ3n) is 3.62. The number of hydrogen-bond donors (Lipinski definition) is 0. The SMILES string of the molecule is CCOc1ccccc1OCCN1CCCC1C(=O)OC. The lowest BCUT2D eigenvalue weighted by molar-refractivity contribution is -0.145. The first kappa shape index (κ1) is 15.6. The molecule has 1 aromatic carbocycles. The molecule has 2 rings (SSSR count). The molecule has 0 aromatic heterocycles. The largest absolute Gasteiger partial charge is 0.490 e. The third-order valence-corrected chi connectivity index (χ3v) is 3.62. The molecule has 1 aliphatic rings. The van der Waals surface area contributed by atoms with Crippen LogP contribution in [0.5, 0.6) is 11.5 Å². The van der Waals surface area contributed by atoms with Gasteiger partial charge < -0.3 is 14.2 Å². The zero-order valence-electron chi connectivity index (χ0n) is 12.7. The highest BCUT2D eigenvalue weighted by atomic mass is 16.5. The maximum absolute atomic E-state index is 11.7. The Labute approximate surface area is 125 Å². The molecule has 0 bridgehead atoms. The highest BCUT2D eigenvalue weighted by molar-refractivity contribution is 5.75. The predicted octanol–water partition coefficient (Wildman–Crippen LogP) is 2.10. The van der Waals surface area contributed by atoms with Crippen LogP contribution in [0.1, 0.15) is 19.8 Å². The molecule has 5 nitrogen and oxygen atoms in total. The van der Waals surface area contributed by atoms with Crippen LogP contribution < -0.4 is 9.47 Å². The Morgan fingerprint density at radius 3 is 2.67 bits per heavy atom. The molecule has 116 valence electrons. The van der Waals surface area contributed by atoms with Crippen LogP contribution >= 0.6 is 0 Å². The molecular formula is C16H23NO4. The van der Waals surface area contributed by atoms with Crippen molar-refractivity contribution in [3.63, 3.8) is 0 Å². The van der Waals surface area contributed by atoms with E-state index in [1.807, 2.05) is 31.2 Å². The van der Waals surface area contributed by atoms with E-state index in [0.717, 1.165) is 30.9 Å². The zero-order valence-corrected chi connectivity index (χ0v) is 12.7. The summed E-state index contributed by atoms with van der Waals surface area (Å²) in [6, 6.07) is 7.51. The zero-order chi connectivity index (χ0) is 15.1. The summed E-state index contributed by atoms with van der Waals surface area (Å²) in [5, 5.41) is 0. The van der Waals surface area contributed by atoms with Crippen LogP contribution in [-0.4, -0.2) is 50.3 Å². The Kier molecular flexibility index (Phi) is 5.87. The topological polar surface area (TPSA) is 48.0 Å². The average Bonchev–Trinajstić information content (AvgIpc) is 2.97. The normalized spacial score (nSPS) is 18.5. The fraction of sp³-hybridized carbons (Fsp3) is 0.562. The van der Waals surface area contributed by atoms with Gasteiger partial charge in [0.2, 0.25) is 0 Å². The highest BCUT2D eigenvalue weighted by Gasteiger charge is 2.31. The van der Waals surface area contributed by atoms with Gasteiger partial charge in [-0.25, -0.2) is 0 Å². The van der Waals surface area contributed by atoms with Gasteiger partial charge in [0.25, 0.3) is 0 Å². The van der Waals surface area contributed by atoms with Gasteiger partial charge in [-0.15, -0.1) is 0 Å². The van der Waals surface area contributed by atoms with Gasteiger partial charge in [-0.1, -0.05) is 12.1 Å². The number of nitrogens with zero attached hydrogens (tertiary/aromatic N) is 1. The minimum Gasteiger partial charge on any atom is -0.490 e. The second-order valence-corrected chi connectivity index (χ2v) is 4.95. The lowest BCUT2D eigenvalue weighted by atomic mass is 10.2. The van der Waals surface area contributed by atoms with Crippen LogP contribution in [0.4, 0.5) is 0 Å². The molecule has 0 radical (unpaired) electrons. The van der Waals surface area contributed by atoms with E-state index in [1.165, 1.54) is 7.11 Å². The lowest BCUT2D eigenvalue weighted by Gasteiger charge is -2.22. The van der Waals surface area contributed by atoms with Crippen LogP contribution in [0.2, 0.25) is 0 Å². The number of likely N-dealkylation sites (tertiary alicyclic amines) is 1. The molecule has 1 unspecified atom stereocenters. The number of carbonyl (C=O) groups is 1. The molecule has 1 heterocycles. The summed E-state index contributed by atoms with van der Waals surface area (Å²) in [4.78, 5) is 13.8. The van der Waals surface area contributed by atoms with E-state index in [1.54, 1.807) is 0 Å². The van der Waals surface area contributed by atoms with E-state index in [-0.39, 0.29) is 12.0 Å². The minimum absolute atomic E-state index is 0.124. The Hall–Kier alpha value is -1.75. The first-order valence-corrected chi connectivity index (χ1v) is 7.42. The van der Waals surface area contributed by atoms with Gasteiger partial charge in [0.1, 0.15) is 12.6 Å². The number of ether oxygens (including phenoxy) is 3. The van der Waals surface area contributed by atoms with Gasteiger partial charge in [0, 0.05) is 6.54 Å². The molecule has 0 N–H and O–H groups in total. The second kappa shape index (κ2) is 7.88. The molecule has 1 aliphatic heterocycles. The molecule has 1 aromatic rings. The molecule has 0 amide bonds. The number of carbonyl (C=O) groups excluding carboxylic acids is 1. The number of benzene rings is 1. The van der Waals surface area contributed by atoms with Gasteiger partial charge in [0.15, 0.2) is 11.5 Å². The van der Waals surface area contributed by atoms with E-state index >= 15 is 0 Å². The number of hydrogen-bond acceptors (Lipinski definition) is 5. The maximum atomic E-state index is 11.7. The third kappa shape index (κ3) is 4.11. The first-order chi connectivity index (χ1) is 10.3. The van der Waals surface area contributed by atoms with E-state index in [4.69, 9.17) is 14.2 Å². The van der Waals surface area contributed by atoms with Crippen molar-refractivity contribution in [3.05, 3.63) is 24.3 Å². The second-order valence-electron chi connectivity index (χ2n) is 4.95. The molecule has 0 spiro atoms. The molecule has 1 fully saturated rings.